The Morgan fingerprint density at radius 1 is 0.903 bits per heavy atom. The van der Waals surface area contributed by atoms with Gasteiger partial charge in [0.2, 0.25) is 11.8 Å². The smallest absolute Gasteiger partial charge is 0.246 e. The van der Waals surface area contributed by atoms with Crippen LogP contribution in [0.3, 0.4) is 0 Å². The van der Waals surface area contributed by atoms with Gasteiger partial charge in [-0.2, -0.15) is 0 Å². The molecular weight excluding hydrogens is 408 g/mol. The summed E-state index contributed by atoms with van der Waals surface area (Å²) in [6, 6.07) is 0. The van der Waals surface area contributed by atoms with Crippen molar-refractivity contribution >= 4 is 17.6 Å². The van der Waals surface area contributed by atoms with Gasteiger partial charge in [-0.05, 0) is 25.7 Å². The lowest BCUT2D eigenvalue weighted by molar-refractivity contribution is -0.133. The third kappa shape index (κ3) is 20.1. The zero-order valence-corrected chi connectivity index (χ0v) is 18.9. The predicted octanol–water partition coefficient (Wildman–Crippen LogP) is 1.24. The molecule has 3 N–H and O–H groups in total. The number of hydroxylamine groups is 1. The standard InChI is InChI=1S/C21H40N2O8/c1-3-10-28-12-14-30-16-19(24)8-6-11-29-13-15-31-17-20(25)22-9-5-4-7-18(2)21(26)23-27/h18,27H,3-17H2,1-2H3,(H,22,25)(H,23,26)/t18-/m0/s1/i/hT. The molecule has 0 aliphatic rings. The van der Waals surface area contributed by atoms with Gasteiger partial charge >= 0.3 is 0 Å². The molecule has 0 saturated heterocycles. The van der Waals surface area contributed by atoms with E-state index in [4.69, 9.17) is 25.6 Å². The van der Waals surface area contributed by atoms with Crippen molar-refractivity contribution in [2.45, 2.75) is 52.4 Å². The van der Waals surface area contributed by atoms with E-state index in [-0.39, 0.29) is 37.0 Å². The monoisotopic (exact) mass is 450 g/mol. The second kappa shape index (κ2) is 21.6. The average molecular weight is 451 g/mol. The van der Waals surface area contributed by atoms with Crippen LogP contribution in [0.25, 0.3) is 0 Å². The topological polar surface area (TPSA) is 132 Å². The number of hydrogen-bond acceptors (Lipinski definition) is 8. The third-order valence-corrected chi connectivity index (χ3v) is 4.24. The summed E-state index contributed by atoms with van der Waals surface area (Å²) in [6.07, 6.45) is 3.88. The van der Waals surface area contributed by atoms with E-state index in [0.717, 1.165) is 6.42 Å². The predicted molar refractivity (Wildman–Crippen MR) is 114 cm³/mol. The Balaban J connectivity index is 3.40. The summed E-state index contributed by atoms with van der Waals surface area (Å²) in [4.78, 5) is 34.6. The van der Waals surface area contributed by atoms with Gasteiger partial charge in [0, 0.05) is 32.1 Å². The van der Waals surface area contributed by atoms with Crippen molar-refractivity contribution in [1.29, 1.82) is 0 Å². The second-order valence-electron chi connectivity index (χ2n) is 7.16. The van der Waals surface area contributed by atoms with E-state index < -0.39 is 11.8 Å². The molecule has 10 heteroatoms. The van der Waals surface area contributed by atoms with Crippen molar-refractivity contribution in [3.8, 4) is 0 Å². The van der Waals surface area contributed by atoms with E-state index in [1.807, 2.05) is 6.92 Å². The Labute approximate surface area is 186 Å². The summed E-state index contributed by atoms with van der Waals surface area (Å²) < 4.78 is 27.9. The van der Waals surface area contributed by atoms with Crippen LogP contribution in [-0.4, -0.2) is 82.2 Å². The second-order valence-corrected chi connectivity index (χ2v) is 7.16. The van der Waals surface area contributed by atoms with E-state index in [1.54, 1.807) is 6.92 Å². The molecule has 0 aromatic carbocycles. The molecule has 0 aliphatic heterocycles. The lowest BCUT2D eigenvalue weighted by Gasteiger charge is -2.09. The van der Waals surface area contributed by atoms with Crippen LogP contribution in [0, 0.1) is 5.92 Å². The Hall–Kier alpha value is -1.59. The Morgan fingerprint density at radius 3 is 2.23 bits per heavy atom. The van der Waals surface area contributed by atoms with E-state index in [2.05, 4.69) is 5.32 Å². The van der Waals surface area contributed by atoms with Gasteiger partial charge in [0.1, 0.15) is 13.2 Å². The number of ether oxygens (including phenoxy) is 4. The molecule has 0 fully saturated rings. The number of carbonyl (C=O) groups is 3. The van der Waals surface area contributed by atoms with Crippen LogP contribution in [-0.2, 0) is 33.3 Å². The molecular formula is C21H40N2O8. The molecule has 1 atom stereocenters. The first-order valence-electron chi connectivity index (χ1n) is 11.4. The summed E-state index contributed by atoms with van der Waals surface area (Å²) in [7, 11) is 0. The van der Waals surface area contributed by atoms with Crippen LogP contribution >= 0.6 is 0 Å². The number of Topliss-reactive ketones (excluding diaryl/α,β-unsaturated/α-hetero) is 1. The minimum Gasteiger partial charge on any atom is -0.379 e. The highest BCUT2D eigenvalue weighted by molar-refractivity contribution is 5.79. The van der Waals surface area contributed by atoms with Gasteiger partial charge in [-0.15, -0.1) is 0 Å². The normalized spacial score (nSPS) is 12.3. The van der Waals surface area contributed by atoms with Gasteiger partial charge in [-0.3, -0.25) is 19.6 Å². The molecule has 10 nitrogen and oxygen atoms in total. The molecule has 0 radical (unpaired) electrons. The molecule has 182 valence electrons. The Kier molecular flexibility index (Phi) is 19.2. The van der Waals surface area contributed by atoms with E-state index in [0.29, 0.717) is 71.7 Å². The minimum atomic E-state index is -0.644. The quantitative estimate of drug-likeness (QED) is 0.127. The fourth-order valence-corrected chi connectivity index (χ4v) is 2.46. The van der Waals surface area contributed by atoms with Gasteiger partial charge in [0.15, 0.2) is 7.20 Å². The average Bonchev–Trinajstić information content (AvgIpc) is 2.76. The zero-order valence-electron chi connectivity index (χ0n) is 19.9. The van der Waals surface area contributed by atoms with Crippen molar-refractivity contribution in [2.24, 2.45) is 5.92 Å². The molecule has 0 saturated carbocycles. The number of hydrogen-bond donors (Lipinski definition) is 3. The SMILES string of the molecule is [3H]N(O)C(=O)[C@@H](C)CCCCNC(=O)COCCOCCCC(=O)COCCOCCC. The van der Waals surface area contributed by atoms with Gasteiger partial charge < -0.3 is 24.3 Å². The maximum atomic E-state index is 11.7. The summed E-state index contributed by atoms with van der Waals surface area (Å²) in [5.74, 6) is -1.27. The third-order valence-electron chi connectivity index (χ3n) is 4.24. The fourth-order valence-electron chi connectivity index (χ4n) is 2.46. The highest BCUT2D eigenvalue weighted by atomic mass is 16.5. The van der Waals surface area contributed by atoms with E-state index in [9.17, 15) is 14.4 Å². The molecule has 0 unspecified atom stereocenters. The van der Waals surface area contributed by atoms with Gasteiger partial charge in [0.25, 0.3) is 0 Å². The number of unbranched alkanes of at least 4 members (excludes halogenated alkanes) is 1. The molecule has 0 aromatic rings. The maximum Gasteiger partial charge on any atom is 0.246 e. The van der Waals surface area contributed by atoms with Crippen LogP contribution in [0.4, 0.5) is 0 Å². The van der Waals surface area contributed by atoms with Crippen molar-refractivity contribution < 1.29 is 40.0 Å². The maximum absolute atomic E-state index is 11.7. The fraction of sp³-hybridized carbons (Fsp3) is 0.857. The van der Waals surface area contributed by atoms with Gasteiger partial charge in [-0.1, -0.05) is 20.3 Å². The van der Waals surface area contributed by atoms with E-state index >= 15 is 0 Å². The molecule has 0 heterocycles. The number of amides is 2. The summed E-state index contributed by atoms with van der Waals surface area (Å²) in [5.41, 5.74) is -0.143. The Morgan fingerprint density at radius 2 is 1.55 bits per heavy atom. The number of ketones is 1. The van der Waals surface area contributed by atoms with Gasteiger partial charge in [0.05, 0.1) is 26.4 Å². The molecule has 0 spiro atoms. The van der Waals surface area contributed by atoms with E-state index in [1.165, 1.54) is 0 Å². The molecule has 31 heavy (non-hydrogen) atoms. The Bertz CT molecular complexity index is 508. The highest BCUT2D eigenvalue weighted by Gasteiger charge is 2.11. The van der Waals surface area contributed by atoms with Crippen molar-refractivity contribution in [2.75, 3.05) is 59.4 Å². The zero-order chi connectivity index (χ0) is 24.0. The van der Waals surface area contributed by atoms with Crippen LogP contribution in [0.15, 0.2) is 0 Å². The highest BCUT2D eigenvalue weighted by Crippen LogP contribution is 2.06. The first-order chi connectivity index (χ1) is 15.4. The van der Waals surface area contributed by atoms with Crippen LogP contribution in [0.1, 0.15) is 52.4 Å². The summed E-state index contributed by atoms with van der Waals surface area (Å²) >= 11 is 0. The lowest BCUT2D eigenvalue weighted by Crippen LogP contribution is -2.29. The van der Waals surface area contributed by atoms with Crippen molar-refractivity contribution in [3.05, 3.63) is 0 Å². The first kappa shape index (κ1) is 27.4. The largest absolute Gasteiger partial charge is 0.379 e. The lowest BCUT2D eigenvalue weighted by atomic mass is 10.0. The summed E-state index contributed by atoms with van der Waals surface area (Å²) in [6.45, 7) is 6.87. The number of nitrogens with one attached hydrogen (secondary N) is 2. The molecule has 0 aliphatic carbocycles. The number of carbonyl (C=O) groups excluding carboxylic acids is 3. The summed E-state index contributed by atoms with van der Waals surface area (Å²) in [5, 5.41) is 11.5. The van der Waals surface area contributed by atoms with Gasteiger partial charge in [-0.25, -0.2) is 5.47 Å². The van der Waals surface area contributed by atoms with Crippen LogP contribution in [0.5, 0.6) is 0 Å². The molecule has 2 amide bonds. The van der Waals surface area contributed by atoms with Crippen molar-refractivity contribution in [3.63, 3.8) is 0 Å². The number of rotatable bonds is 22. The van der Waals surface area contributed by atoms with Crippen LogP contribution in [0.2, 0.25) is 1.41 Å². The molecule has 0 aromatic heterocycles. The van der Waals surface area contributed by atoms with Crippen LogP contribution < -0.4 is 10.8 Å². The minimum absolute atomic E-state index is 0.0322. The molecule has 0 rings (SSSR count). The molecule has 0 bridgehead atoms. The first-order valence-corrected chi connectivity index (χ1v) is 11.0. The van der Waals surface area contributed by atoms with Crippen molar-refractivity contribution in [1.82, 2.24) is 10.8 Å².